The Labute approximate surface area is 178 Å². The van der Waals surface area contributed by atoms with Gasteiger partial charge in [0.25, 0.3) is 0 Å². The lowest BCUT2D eigenvalue weighted by Gasteiger charge is -2.12. The molecule has 0 aliphatic carbocycles. The lowest BCUT2D eigenvalue weighted by Crippen LogP contribution is -2.32. The number of nitrogens with one attached hydrogen (secondary N) is 3. The maximum atomic E-state index is 11.8. The Morgan fingerprint density at radius 3 is 2.17 bits per heavy atom. The zero-order chi connectivity index (χ0) is 22.5. The van der Waals surface area contributed by atoms with Crippen LogP contribution in [-0.2, 0) is 23.9 Å². The van der Waals surface area contributed by atoms with Gasteiger partial charge in [0.1, 0.15) is 5.78 Å². The number of unbranched alkanes of at least 4 members (excludes halogenated alkanes) is 1. The van der Waals surface area contributed by atoms with E-state index in [1.807, 2.05) is 0 Å². The van der Waals surface area contributed by atoms with Crippen molar-refractivity contribution in [2.45, 2.75) is 51.5 Å². The van der Waals surface area contributed by atoms with Crippen molar-refractivity contribution >= 4 is 17.6 Å². The van der Waals surface area contributed by atoms with Crippen LogP contribution in [-0.4, -0.2) is 76.7 Å². The Kier molecular flexibility index (Phi) is 18.6. The number of Topliss-reactive ketones (excluding diaryl/α,β-unsaturated/α-hetero) is 1. The largest absolute Gasteiger partial charge is 0.379 e. The van der Waals surface area contributed by atoms with Gasteiger partial charge in [-0.3, -0.25) is 14.4 Å². The monoisotopic (exact) mass is 428 g/mol. The zero-order valence-corrected chi connectivity index (χ0v) is 18.2. The van der Waals surface area contributed by atoms with E-state index in [1.54, 1.807) is 14.0 Å². The van der Waals surface area contributed by atoms with Gasteiger partial charge >= 0.3 is 0 Å². The van der Waals surface area contributed by atoms with E-state index < -0.39 is 0 Å². The predicted octanol–water partition coefficient (Wildman–Crippen LogP) is 1.08. The van der Waals surface area contributed by atoms with E-state index in [4.69, 9.17) is 15.0 Å². The second-order valence-electron chi connectivity index (χ2n) is 6.68. The molecule has 0 aromatic carbocycles. The molecule has 0 spiro atoms. The molecule has 172 valence electrons. The average Bonchev–Trinajstić information content (AvgIpc) is 2.71. The van der Waals surface area contributed by atoms with Crippen molar-refractivity contribution in [1.82, 2.24) is 16.0 Å². The van der Waals surface area contributed by atoms with Gasteiger partial charge in [-0.15, -0.1) is 0 Å². The number of ketones is 1. The molecule has 0 fully saturated rings. The molecule has 0 radical (unpaired) electrons. The molecule has 0 bridgehead atoms. The van der Waals surface area contributed by atoms with Crippen molar-refractivity contribution in [3.63, 3.8) is 0 Å². The Morgan fingerprint density at radius 1 is 0.933 bits per heavy atom. The first-order valence-corrected chi connectivity index (χ1v) is 10.4. The molecule has 11 nitrogen and oxygen atoms in total. The summed E-state index contributed by atoms with van der Waals surface area (Å²) in [5, 5.41) is 11.9. The van der Waals surface area contributed by atoms with E-state index >= 15 is 0 Å². The smallest absolute Gasteiger partial charge is 0.220 e. The highest BCUT2D eigenvalue weighted by Crippen LogP contribution is 2.01. The molecule has 2 amide bonds. The highest BCUT2D eigenvalue weighted by molar-refractivity contribution is 5.81. The van der Waals surface area contributed by atoms with Crippen molar-refractivity contribution in [2.75, 3.05) is 53.1 Å². The molecule has 3 N–H and O–H groups in total. The van der Waals surface area contributed by atoms with E-state index in [1.165, 1.54) is 0 Å². The molecule has 1 atom stereocenters. The molecule has 0 aromatic rings. The number of azide groups is 1. The number of ether oxygens (including phenoxy) is 2. The summed E-state index contributed by atoms with van der Waals surface area (Å²) < 4.78 is 10.5. The van der Waals surface area contributed by atoms with Gasteiger partial charge in [-0.05, 0) is 45.2 Å². The van der Waals surface area contributed by atoms with Gasteiger partial charge in [0.05, 0.1) is 32.5 Å². The summed E-state index contributed by atoms with van der Waals surface area (Å²) in [5.74, 6) is -0.0537. The van der Waals surface area contributed by atoms with Crippen LogP contribution in [0.25, 0.3) is 10.4 Å². The molecule has 0 aromatic heterocycles. The van der Waals surface area contributed by atoms with Crippen LogP contribution in [0.4, 0.5) is 0 Å². The van der Waals surface area contributed by atoms with E-state index in [2.05, 4.69) is 26.0 Å². The van der Waals surface area contributed by atoms with Gasteiger partial charge < -0.3 is 25.4 Å². The minimum atomic E-state index is -0.117. The molecule has 0 rings (SSSR count). The molecule has 11 heteroatoms. The lowest BCUT2D eigenvalue weighted by molar-refractivity contribution is -0.123. The van der Waals surface area contributed by atoms with Crippen molar-refractivity contribution in [3.05, 3.63) is 10.4 Å². The standard InChI is InChI=1S/C19H36N6O5/c1-16(26)17(21-2)6-3-4-9-22-18(27)7-5-8-19(28)23-10-12-29-14-15-30-13-11-24-25-20/h17,21H,3-15H2,1-2H3,(H,22,27)(H,23,28)/t17-/m0/s1. The topological polar surface area (TPSA) is 155 Å². The molecule has 0 unspecified atom stereocenters. The second kappa shape index (κ2) is 20.1. The molecule has 30 heavy (non-hydrogen) atoms. The Morgan fingerprint density at radius 2 is 1.57 bits per heavy atom. The third kappa shape index (κ3) is 17.9. The number of amides is 2. The van der Waals surface area contributed by atoms with Crippen LogP contribution < -0.4 is 16.0 Å². The summed E-state index contributed by atoms with van der Waals surface area (Å²) in [6.45, 7) is 4.37. The third-order valence-electron chi connectivity index (χ3n) is 4.23. The normalized spacial score (nSPS) is 11.4. The molecule has 0 saturated carbocycles. The van der Waals surface area contributed by atoms with Crippen molar-refractivity contribution in [1.29, 1.82) is 0 Å². The number of hydrogen-bond donors (Lipinski definition) is 3. The zero-order valence-electron chi connectivity index (χ0n) is 18.2. The number of nitrogens with zero attached hydrogens (tertiary/aromatic N) is 3. The number of likely N-dealkylation sites (N-methyl/N-ethyl adjacent to an activating group) is 1. The highest BCUT2D eigenvalue weighted by Gasteiger charge is 2.10. The molecule has 0 aliphatic heterocycles. The number of hydrogen-bond acceptors (Lipinski definition) is 7. The van der Waals surface area contributed by atoms with Gasteiger partial charge in [0.15, 0.2) is 0 Å². The van der Waals surface area contributed by atoms with E-state index in [9.17, 15) is 14.4 Å². The SMILES string of the molecule is CN[C@@H](CCCCNC(=O)CCCC(=O)NCCOCCOCCN=[N+]=[N-])C(C)=O. The van der Waals surface area contributed by atoms with E-state index in [0.29, 0.717) is 65.3 Å². The molecular weight excluding hydrogens is 392 g/mol. The van der Waals surface area contributed by atoms with E-state index in [0.717, 1.165) is 19.3 Å². The summed E-state index contributed by atoms with van der Waals surface area (Å²) in [7, 11) is 1.77. The first kappa shape index (κ1) is 27.8. The first-order valence-electron chi connectivity index (χ1n) is 10.4. The van der Waals surface area contributed by atoms with Crippen molar-refractivity contribution in [2.24, 2.45) is 5.11 Å². The van der Waals surface area contributed by atoms with Crippen LogP contribution in [0.1, 0.15) is 45.4 Å². The first-order chi connectivity index (χ1) is 14.5. The van der Waals surface area contributed by atoms with Gasteiger partial charge in [0, 0.05) is 37.4 Å². The fraction of sp³-hybridized carbons (Fsp3) is 0.842. The maximum absolute atomic E-state index is 11.8. The van der Waals surface area contributed by atoms with Crippen LogP contribution >= 0.6 is 0 Å². The molecular formula is C19H36N6O5. The van der Waals surface area contributed by atoms with Gasteiger partial charge in [-0.1, -0.05) is 5.11 Å². The van der Waals surface area contributed by atoms with Crippen LogP contribution in [0.2, 0.25) is 0 Å². The van der Waals surface area contributed by atoms with E-state index in [-0.39, 0.29) is 23.6 Å². The Hall–Kier alpha value is -2.20. The fourth-order valence-corrected chi connectivity index (χ4v) is 2.57. The van der Waals surface area contributed by atoms with Crippen molar-refractivity contribution < 1.29 is 23.9 Å². The quantitative estimate of drug-likeness (QED) is 0.114. The minimum absolute atomic E-state index is 0.0664. The summed E-state index contributed by atoms with van der Waals surface area (Å²) in [6, 6.07) is -0.117. The number of carbonyl (C=O) groups excluding carboxylic acids is 3. The Bertz CT molecular complexity index is 540. The van der Waals surface area contributed by atoms with Gasteiger partial charge in [-0.25, -0.2) is 0 Å². The second-order valence-corrected chi connectivity index (χ2v) is 6.68. The van der Waals surface area contributed by atoms with Crippen LogP contribution in [0.3, 0.4) is 0 Å². The molecule has 0 aliphatic rings. The molecule has 0 saturated heterocycles. The predicted molar refractivity (Wildman–Crippen MR) is 113 cm³/mol. The van der Waals surface area contributed by atoms with Gasteiger partial charge in [0.2, 0.25) is 11.8 Å². The third-order valence-corrected chi connectivity index (χ3v) is 4.23. The summed E-state index contributed by atoms with van der Waals surface area (Å²) in [4.78, 5) is 37.4. The van der Waals surface area contributed by atoms with Crippen LogP contribution in [0.15, 0.2) is 5.11 Å². The molecule has 0 heterocycles. The van der Waals surface area contributed by atoms with Gasteiger partial charge in [-0.2, -0.15) is 0 Å². The highest BCUT2D eigenvalue weighted by atomic mass is 16.5. The average molecular weight is 429 g/mol. The summed E-state index contributed by atoms with van der Waals surface area (Å²) in [6.07, 6.45) is 3.52. The summed E-state index contributed by atoms with van der Waals surface area (Å²) in [5.41, 5.74) is 8.09. The van der Waals surface area contributed by atoms with Crippen LogP contribution in [0, 0.1) is 0 Å². The minimum Gasteiger partial charge on any atom is -0.379 e. The summed E-state index contributed by atoms with van der Waals surface area (Å²) >= 11 is 0. The number of carbonyl (C=O) groups is 3. The fourth-order valence-electron chi connectivity index (χ4n) is 2.57. The Balaban J connectivity index is 3.47. The van der Waals surface area contributed by atoms with Crippen molar-refractivity contribution in [3.8, 4) is 0 Å². The lowest BCUT2D eigenvalue weighted by atomic mass is 10.1. The number of rotatable bonds is 20. The maximum Gasteiger partial charge on any atom is 0.220 e. The van der Waals surface area contributed by atoms with Crippen LogP contribution in [0.5, 0.6) is 0 Å².